The van der Waals surface area contributed by atoms with Gasteiger partial charge in [-0.3, -0.25) is 9.67 Å². The summed E-state index contributed by atoms with van der Waals surface area (Å²) in [6, 6.07) is 8.06. The molecule has 0 atom stereocenters. The number of carboxylic acid groups (broad SMARTS) is 1. The molecule has 0 fully saturated rings. The molecule has 0 bridgehead atoms. The monoisotopic (exact) mass is 446 g/mol. The predicted molar refractivity (Wildman–Crippen MR) is 117 cm³/mol. The van der Waals surface area contributed by atoms with Gasteiger partial charge in [0, 0.05) is 29.2 Å². The van der Waals surface area contributed by atoms with Gasteiger partial charge in [0.15, 0.2) is 17.4 Å². The Balaban J connectivity index is 1.52. The zero-order chi connectivity index (χ0) is 22.9. The van der Waals surface area contributed by atoms with Crippen molar-refractivity contribution < 1.29 is 19.4 Å². The Hall–Kier alpha value is -4.34. The van der Waals surface area contributed by atoms with Gasteiger partial charge >= 0.3 is 5.97 Å². The number of pyridine rings is 1. The molecule has 0 amide bonds. The van der Waals surface area contributed by atoms with Crippen LogP contribution < -0.4 is 5.32 Å². The van der Waals surface area contributed by atoms with Crippen LogP contribution in [-0.2, 0) is 19.4 Å². The maximum Gasteiger partial charge on any atom is 0.339 e. The zero-order valence-electron chi connectivity index (χ0n) is 17.4. The van der Waals surface area contributed by atoms with E-state index in [1.807, 2.05) is 0 Å². The summed E-state index contributed by atoms with van der Waals surface area (Å²) in [4.78, 5) is 24.0. The molecule has 1 aliphatic carbocycles. The number of aromatic nitrogens is 5. The second kappa shape index (κ2) is 8.30. The molecule has 0 unspecified atom stereocenters. The van der Waals surface area contributed by atoms with Crippen LogP contribution in [0.2, 0.25) is 0 Å². The van der Waals surface area contributed by atoms with Crippen LogP contribution in [0.3, 0.4) is 0 Å². The molecule has 1 aliphatic rings. The Morgan fingerprint density at radius 1 is 1.18 bits per heavy atom. The summed E-state index contributed by atoms with van der Waals surface area (Å²) in [6.07, 6.45) is 6.44. The van der Waals surface area contributed by atoms with Crippen LogP contribution in [0.4, 0.5) is 15.9 Å². The molecule has 0 saturated carbocycles. The second-order valence-electron chi connectivity index (χ2n) is 7.66. The van der Waals surface area contributed by atoms with Crippen LogP contribution >= 0.6 is 0 Å². The lowest BCUT2D eigenvalue weighted by molar-refractivity contribution is 0.0697. The third kappa shape index (κ3) is 3.86. The molecule has 166 valence electrons. The minimum Gasteiger partial charge on any atom is -0.503 e. The van der Waals surface area contributed by atoms with E-state index >= 15 is 0 Å². The van der Waals surface area contributed by atoms with Crippen molar-refractivity contribution in [1.29, 1.82) is 0 Å². The minimum absolute atomic E-state index is 0.0455. The normalized spacial score (nSPS) is 12.5. The number of aromatic hydroxyl groups is 1. The highest BCUT2D eigenvalue weighted by atomic mass is 19.1. The molecule has 0 radical (unpaired) electrons. The number of carbonyl (C=O) groups is 1. The molecule has 10 heteroatoms. The van der Waals surface area contributed by atoms with Crippen LogP contribution in [0.1, 0.15) is 33.6 Å². The largest absolute Gasteiger partial charge is 0.503 e. The molecule has 5 rings (SSSR count). The third-order valence-corrected chi connectivity index (χ3v) is 5.57. The summed E-state index contributed by atoms with van der Waals surface area (Å²) in [6.45, 7) is 0.289. The van der Waals surface area contributed by atoms with Gasteiger partial charge in [-0.2, -0.15) is 5.10 Å². The van der Waals surface area contributed by atoms with Crippen molar-refractivity contribution in [3.8, 4) is 17.3 Å². The van der Waals surface area contributed by atoms with Gasteiger partial charge in [0.05, 0.1) is 18.4 Å². The van der Waals surface area contributed by atoms with E-state index in [4.69, 9.17) is 0 Å². The van der Waals surface area contributed by atoms with Gasteiger partial charge in [0.25, 0.3) is 0 Å². The number of benzene rings is 1. The standard InChI is InChI=1S/C23H19FN6O3/c24-16-6-2-1-4-13(16)12-30-18-7-3-5-14(18)20(29-30)22-26-11-19(31)21(28-22)27-17-8-9-25-10-15(17)23(32)33/h1-2,4,6,8-11,31H,3,5,7,12H2,(H,32,33)(H,25,26,27,28). The van der Waals surface area contributed by atoms with Gasteiger partial charge in [0.1, 0.15) is 17.1 Å². The van der Waals surface area contributed by atoms with Crippen molar-refractivity contribution >= 4 is 17.5 Å². The summed E-state index contributed by atoms with van der Waals surface area (Å²) in [7, 11) is 0. The highest BCUT2D eigenvalue weighted by Gasteiger charge is 2.26. The van der Waals surface area contributed by atoms with Crippen molar-refractivity contribution in [1.82, 2.24) is 24.7 Å². The molecule has 33 heavy (non-hydrogen) atoms. The Morgan fingerprint density at radius 2 is 2.03 bits per heavy atom. The van der Waals surface area contributed by atoms with E-state index in [2.05, 4.69) is 25.4 Å². The lowest BCUT2D eigenvalue weighted by Gasteiger charge is -2.10. The van der Waals surface area contributed by atoms with Crippen molar-refractivity contribution in [2.24, 2.45) is 0 Å². The summed E-state index contributed by atoms with van der Waals surface area (Å²) in [5.41, 5.74) is 3.28. The van der Waals surface area contributed by atoms with Crippen molar-refractivity contribution in [3.63, 3.8) is 0 Å². The summed E-state index contributed by atoms with van der Waals surface area (Å²) >= 11 is 0. The van der Waals surface area contributed by atoms with Crippen LogP contribution in [0.15, 0.2) is 48.9 Å². The first-order valence-electron chi connectivity index (χ1n) is 10.3. The number of anilines is 2. The molecule has 3 heterocycles. The van der Waals surface area contributed by atoms with Crippen LogP contribution in [0.25, 0.3) is 11.5 Å². The Kier molecular flexibility index (Phi) is 5.17. The van der Waals surface area contributed by atoms with Gasteiger partial charge in [-0.1, -0.05) is 18.2 Å². The van der Waals surface area contributed by atoms with Crippen LogP contribution in [0, 0.1) is 5.82 Å². The summed E-state index contributed by atoms with van der Waals surface area (Å²) in [5, 5.41) is 27.2. The number of nitrogens with one attached hydrogen (secondary N) is 1. The van der Waals surface area contributed by atoms with Crippen molar-refractivity contribution in [2.45, 2.75) is 25.8 Å². The number of hydrogen-bond donors (Lipinski definition) is 3. The fourth-order valence-corrected chi connectivity index (χ4v) is 3.99. The van der Waals surface area contributed by atoms with E-state index in [-0.39, 0.29) is 41.0 Å². The average molecular weight is 446 g/mol. The smallest absolute Gasteiger partial charge is 0.339 e. The number of fused-ring (bicyclic) bond motifs is 1. The Morgan fingerprint density at radius 3 is 2.85 bits per heavy atom. The minimum atomic E-state index is -1.16. The fraction of sp³-hybridized carbons (Fsp3) is 0.174. The number of rotatable bonds is 6. The molecule has 1 aromatic carbocycles. The molecular weight excluding hydrogens is 427 g/mol. The Labute approximate surface area is 187 Å². The van der Waals surface area contributed by atoms with Crippen LogP contribution in [0.5, 0.6) is 5.75 Å². The van der Waals surface area contributed by atoms with Gasteiger partial charge in [-0.25, -0.2) is 19.2 Å². The van der Waals surface area contributed by atoms with Crippen molar-refractivity contribution in [3.05, 3.63) is 77.1 Å². The van der Waals surface area contributed by atoms with E-state index in [9.17, 15) is 19.4 Å². The maximum atomic E-state index is 14.2. The Bertz CT molecular complexity index is 1370. The molecule has 0 spiro atoms. The number of aromatic carboxylic acids is 1. The number of nitrogens with zero attached hydrogens (tertiary/aromatic N) is 5. The fourth-order valence-electron chi connectivity index (χ4n) is 3.99. The number of halogens is 1. The van der Waals surface area contributed by atoms with E-state index in [0.717, 1.165) is 30.5 Å². The molecular formula is C23H19FN6O3. The second-order valence-corrected chi connectivity index (χ2v) is 7.66. The first kappa shape index (κ1) is 20.6. The van der Waals surface area contributed by atoms with E-state index in [1.165, 1.54) is 30.7 Å². The molecule has 0 saturated heterocycles. The van der Waals surface area contributed by atoms with Gasteiger partial charge in [-0.15, -0.1) is 0 Å². The molecule has 0 aliphatic heterocycles. The van der Waals surface area contributed by atoms with Crippen LogP contribution in [-0.4, -0.2) is 40.9 Å². The van der Waals surface area contributed by atoms with Gasteiger partial charge in [-0.05, 0) is 31.4 Å². The first-order valence-corrected chi connectivity index (χ1v) is 10.3. The third-order valence-electron chi connectivity index (χ3n) is 5.57. The first-order chi connectivity index (χ1) is 16.0. The van der Waals surface area contributed by atoms with E-state index < -0.39 is 5.97 Å². The molecule has 3 aromatic heterocycles. The highest BCUT2D eigenvalue weighted by molar-refractivity contribution is 5.94. The van der Waals surface area contributed by atoms with E-state index in [1.54, 1.807) is 22.9 Å². The van der Waals surface area contributed by atoms with Crippen molar-refractivity contribution in [2.75, 3.05) is 5.32 Å². The summed E-state index contributed by atoms with van der Waals surface area (Å²) < 4.78 is 16.0. The lowest BCUT2D eigenvalue weighted by atomic mass is 10.2. The topological polar surface area (TPSA) is 126 Å². The highest BCUT2D eigenvalue weighted by Crippen LogP contribution is 2.33. The molecule has 3 N–H and O–H groups in total. The molecule has 4 aromatic rings. The molecule has 9 nitrogen and oxygen atoms in total. The SMILES string of the molecule is O=C(O)c1cnccc1Nc1nc(-c2nn(Cc3ccccc3F)c3c2CCC3)ncc1O. The van der Waals surface area contributed by atoms with Gasteiger partial charge in [0.2, 0.25) is 0 Å². The maximum absolute atomic E-state index is 14.2. The average Bonchev–Trinajstić information content (AvgIpc) is 3.41. The zero-order valence-corrected chi connectivity index (χ0v) is 17.4. The van der Waals surface area contributed by atoms with Gasteiger partial charge < -0.3 is 15.5 Å². The summed E-state index contributed by atoms with van der Waals surface area (Å²) in [5.74, 6) is -1.37. The quantitative estimate of drug-likeness (QED) is 0.410. The lowest BCUT2D eigenvalue weighted by Crippen LogP contribution is -2.07. The van der Waals surface area contributed by atoms with E-state index in [0.29, 0.717) is 11.3 Å². The number of carboxylic acids is 1. The number of hydrogen-bond acceptors (Lipinski definition) is 7. The predicted octanol–water partition coefficient (Wildman–Crippen LogP) is 3.56.